The highest BCUT2D eigenvalue weighted by Gasteiger charge is 2.22. The van der Waals surface area contributed by atoms with Crippen molar-refractivity contribution in [2.75, 3.05) is 12.1 Å². The minimum absolute atomic E-state index is 0.112. The SMILES string of the molecule is O=C(Nc1ccc(Cl)cc1Cl)c1cccc2c1OCO2. The molecule has 0 atom stereocenters. The molecule has 0 spiro atoms. The average molecular weight is 310 g/mol. The molecular formula is C14H9Cl2NO3. The maximum absolute atomic E-state index is 12.3. The Hall–Kier alpha value is -1.91. The Labute approximate surface area is 125 Å². The Balaban J connectivity index is 1.89. The van der Waals surface area contributed by atoms with E-state index in [1.807, 2.05) is 0 Å². The number of rotatable bonds is 2. The highest BCUT2D eigenvalue weighted by atomic mass is 35.5. The fraction of sp³-hybridized carbons (Fsp3) is 0.0714. The first-order valence-corrected chi connectivity index (χ1v) is 6.56. The molecule has 20 heavy (non-hydrogen) atoms. The van der Waals surface area contributed by atoms with Crippen LogP contribution in [0, 0.1) is 0 Å². The van der Waals surface area contributed by atoms with Gasteiger partial charge in [-0.05, 0) is 30.3 Å². The molecule has 1 heterocycles. The molecule has 0 saturated carbocycles. The summed E-state index contributed by atoms with van der Waals surface area (Å²) in [4.78, 5) is 12.3. The van der Waals surface area contributed by atoms with Gasteiger partial charge in [0.15, 0.2) is 11.5 Å². The minimum atomic E-state index is -0.323. The number of halogens is 2. The lowest BCUT2D eigenvalue weighted by Gasteiger charge is -2.09. The number of para-hydroxylation sites is 1. The van der Waals surface area contributed by atoms with Crippen molar-refractivity contribution < 1.29 is 14.3 Å². The molecule has 6 heteroatoms. The molecule has 2 aromatic rings. The van der Waals surface area contributed by atoms with Crippen LogP contribution in [0.5, 0.6) is 11.5 Å². The van der Waals surface area contributed by atoms with E-state index in [1.54, 1.807) is 36.4 Å². The first-order chi connectivity index (χ1) is 9.65. The van der Waals surface area contributed by atoms with Crippen LogP contribution < -0.4 is 14.8 Å². The third-order valence-electron chi connectivity index (χ3n) is 2.82. The van der Waals surface area contributed by atoms with Gasteiger partial charge in [0.2, 0.25) is 6.79 Å². The number of anilines is 1. The van der Waals surface area contributed by atoms with Crippen LogP contribution in [-0.2, 0) is 0 Å². The third kappa shape index (κ3) is 2.40. The standard InChI is InChI=1S/C14H9Cl2NO3/c15-8-4-5-11(10(16)6-8)17-14(18)9-2-1-3-12-13(9)20-7-19-12/h1-6H,7H2,(H,17,18). The van der Waals surface area contributed by atoms with Gasteiger partial charge in [0.1, 0.15) is 0 Å². The Bertz CT molecular complexity index is 688. The van der Waals surface area contributed by atoms with Crippen LogP contribution in [0.1, 0.15) is 10.4 Å². The second-order valence-corrected chi connectivity index (χ2v) is 4.96. The maximum atomic E-state index is 12.3. The zero-order valence-corrected chi connectivity index (χ0v) is 11.7. The Morgan fingerprint density at radius 1 is 1.15 bits per heavy atom. The Kier molecular flexibility index (Phi) is 3.42. The van der Waals surface area contributed by atoms with Crippen molar-refractivity contribution in [3.05, 3.63) is 52.0 Å². The lowest BCUT2D eigenvalue weighted by molar-refractivity contribution is 0.102. The molecule has 1 N–H and O–H groups in total. The molecule has 1 aliphatic heterocycles. The number of amides is 1. The summed E-state index contributed by atoms with van der Waals surface area (Å²) in [6.07, 6.45) is 0. The lowest BCUT2D eigenvalue weighted by atomic mass is 10.1. The molecule has 1 aliphatic rings. The number of carbonyl (C=O) groups is 1. The predicted molar refractivity (Wildman–Crippen MR) is 77.0 cm³/mol. The second-order valence-electron chi connectivity index (χ2n) is 4.12. The fourth-order valence-electron chi connectivity index (χ4n) is 1.89. The number of benzene rings is 2. The van der Waals surface area contributed by atoms with E-state index in [0.29, 0.717) is 32.8 Å². The van der Waals surface area contributed by atoms with Crippen molar-refractivity contribution in [1.29, 1.82) is 0 Å². The molecule has 3 rings (SSSR count). The van der Waals surface area contributed by atoms with Crippen LogP contribution >= 0.6 is 23.2 Å². The van der Waals surface area contributed by atoms with Gasteiger partial charge in [0.05, 0.1) is 16.3 Å². The van der Waals surface area contributed by atoms with E-state index in [4.69, 9.17) is 32.7 Å². The number of fused-ring (bicyclic) bond motifs is 1. The van der Waals surface area contributed by atoms with Crippen molar-refractivity contribution in [1.82, 2.24) is 0 Å². The smallest absolute Gasteiger partial charge is 0.259 e. The predicted octanol–water partition coefficient (Wildman–Crippen LogP) is 3.97. The summed E-state index contributed by atoms with van der Waals surface area (Å²) >= 11 is 11.8. The largest absolute Gasteiger partial charge is 0.454 e. The molecule has 2 aromatic carbocycles. The third-order valence-corrected chi connectivity index (χ3v) is 3.37. The van der Waals surface area contributed by atoms with E-state index in [1.165, 1.54) is 0 Å². The number of hydrogen-bond acceptors (Lipinski definition) is 3. The lowest BCUT2D eigenvalue weighted by Crippen LogP contribution is -2.13. The van der Waals surface area contributed by atoms with Gasteiger partial charge in [0, 0.05) is 5.02 Å². The summed E-state index contributed by atoms with van der Waals surface area (Å²) in [5.74, 6) is 0.673. The Morgan fingerprint density at radius 3 is 2.80 bits per heavy atom. The molecule has 0 fully saturated rings. The molecule has 0 bridgehead atoms. The van der Waals surface area contributed by atoms with Crippen molar-refractivity contribution in [2.45, 2.75) is 0 Å². The topological polar surface area (TPSA) is 47.6 Å². The van der Waals surface area contributed by atoms with Crippen LogP contribution in [0.15, 0.2) is 36.4 Å². The molecule has 1 amide bonds. The van der Waals surface area contributed by atoms with E-state index in [0.717, 1.165) is 0 Å². The van der Waals surface area contributed by atoms with Gasteiger partial charge >= 0.3 is 0 Å². The van der Waals surface area contributed by atoms with E-state index in [9.17, 15) is 4.79 Å². The van der Waals surface area contributed by atoms with Crippen molar-refractivity contribution in [3.63, 3.8) is 0 Å². The van der Waals surface area contributed by atoms with Crippen LogP contribution in [0.25, 0.3) is 0 Å². The van der Waals surface area contributed by atoms with Crippen LogP contribution in [0.4, 0.5) is 5.69 Å². The summed E-state index contributed by atoms with van der Waals surface area (Å²) in [6.45, 7) is 0.112. The molecule has 4 nitrogen and oxygen atoms in total. The molecule has 0 aliphatic carbocycles. The highest BCUT2D eigenvalue weighted by molar-refractivity contribution is 6.36. The van der Waals surface area contributed by atoms with E-state index >= 15 is 0 Å². The van der Waals surface area contributed by atoms with Crippen LogP contribution in [0.3, 0.4) is 0 Å². The zero-order chi connectivity index (χ0) is 14.1. The normalized spacial score (nSPS) is 12.3. The van der Waals surface area contributed by atoms with Gasteiger partial charge in [-0.1, -0.05) is 29.3 Å². The molecule has 0 radical (unpaired) electrons. The van der Waals surface area contributed by atoms with Crippen molar-refractivity contribution >= 4 is 34.8 Å². The summed E-state index contributed by atoms with van der Waals surface area (Å²) < 4.78 is 10.5. The number of nitrogens with one attached hydrogen (secondary N) is 1. The minimum Gasteiger partial charge on any atom is -0.454 e. The van der Waals surface area contributed by atoms with Crippen molar-refractivity contribution in [2.24, 2.45) is 0 Å². The maximum Gasteiger partial charge on any atom is 0.259 e. The summed E-state index contributed by atoms with van der Waals surface area (Å²) in [5, 5.41) is 3.59. The molecule has 0 saturated heterocycles. The molecule has 0 aromatic heterocycles. The van der Waals surface area contributed by atoms with Gasteiger partial charge < -0.3 is 14.8 Å². The monoisotopic (exact) mass is 309 g/mol. The van der Waals surface area contributed by atoms with Gasteiger partial charge in [-0.2, -0.15) is 0 Å². The molecular weight excluding hydrogens is 301 g/mol. The zero-order valence-electron chi connectivity index (χ0n) is 10.2. The van der Waals surface area contributed by atoms with Gasteiger partial charge in [-0.25, -0.2) is 0 Å². The van der Waals surface area contributed by atoms with E-state index in [2.05, 4.69) is 5.32 Å². The summed E-state index contributed by atoms with van der Waals surface area (Å²) in [7, 11) is 0. The van der Waals surface area contributed by atoms with Gasteiger partial charge in [0.25, 0.3) is 5.91 Å². The number of ether oxygens (including phenoxy) is 2. The summed E-state index contributed by atoms with van der Waals surface area (Å²) in [6, 6.07) is 9.99. The van der Waals surface area contributed by atoms with Gasteiger partial charge in [-0.15, -0.1) is 0 Å². The quantitative estimate of drug-likeness (QED) is 0.913. The fourth-order valence-corrected chi connectivity index (χ4v) is 2.35. The first-order valence-electron chi connectivity index (χ1n) is 5.80. The number of carbonyl (C=O) groups excluding carboxylic acids is 1. The van der Waals surface area contributed by atoms with Crippen LogP contribution in [0.2, 0.25) is 10.0 Å². The second kappa shape index (κ2) is 5.23. The van der Waals surface area contributed by atoms with Crippen LogP contribution in [-0.4, -0.2) is 12.7 Å². The van der Waals surface area contributed by atoms with E-state index < -0.39 is 0 Å². The average Bonchev–Trinajstić information content (AvgIpc) is 2.90. The van der Waals surface area contributed by atoms with Crippen molar-refractivity contribution in [3.8, 4) is 11.5 Å². The highest BCUT2D eigenvalue weighted by Crippen LogP contribution is 2.36. The Morgan fingerprint density at radius 2 is 2.00 bits per heavy atom. The van der Waals surface area contributed by atoms with Gasteiger partial charge in [-0.3, -0.25) is 4.79 Å². The molecule has 0 unspecified atom stereocenters. The first kappa shape index (κ1) is 13.1. The summed E-state index contributed by atoms with van der Waals surface area (Å²) in [5.41, 5.74) is 0.878. The van der Waals surface area contributed by atoms with E-state index in [-0.39, 0.29) is 12.7 Å². The number of hydrogen-bond donors (Lipinski definition) is 1. The molecule has 102 valence electrons.